The van der Waals surface area contributed by atoms with Crippen molar-refractivity contribution in [3.05, 3.63) is 34.9 Å². The third-order valence-electron chi connectivity index (χ3n) is 5.32. The van der Waals surface area contributed by atoms with Crippen LogP contribution >= 0.6 is 0 Å². The summed E-state index contributed by atoms with van der Waals surface area (Å²) in [6.45, 7) is 0. The van der Waals surface area contributed by atoms with Crippen LogP contribution in [-0.2, 0) is 19.3 Å². The van der Waals surface area contributed by atoms with Crippen molar-refractivity contribution >= 4 is 0 Å². The van der Waals surface area contributed by atoms with Gasteiger partial charge in [0.2, 0.25) is 5.92 Å². The fourth-order valence-electron chi connectivity index (χ4n) is 3.98. The lowest BCUT2D eigenvalue weighted by atomic mass is 9.80. The van der Waals surface area contributed by atoms with Gasteiger partial charge in [-0.1, -0.05) is 18.2 Å². The maximum Gasteiger partial charge on any atom is 0.248 e. The van der Waals surface area contributed by atoms with Gasteiger partial charge in [0.25, 0.3) is 0 Å². The summed E-state index contributed by atoms with van der Waals surface area (Å²) in [5.74, 6) is -2.05. The number of rotatable bonds is 4. The monoisotopic (exact) mass is 293 g/mol. The van der Waals surface area contributed by atoms with Crippen molar-refractivity contribution in [3.8, 4) is 0 Å². The van der Waals surface area contributed by atoms with Crippen LogP contribution in [0.2, 0.25) is 0 Å². The maximum absolute atomic E-state index is 13.3. The zero-order valence-electron chi connectivity index (χ0n) is 12.8. The van der Waals surface area contributed by atoms with Crippen molar-refractivity contribution in [2.24, 2.45) is 5.92 Å². The van der Waals surface area contributed by atoms with E-state index in [1.807, 2.05) is 7.05 Å². The summed E-state index contributed by atoms with van der Waals surface area (Å²) in [4.78, 5) is 0. The molecule has 0 bridgehead atoms. The lowest BCUT2D eigenvalue weighted by molar-refractivity contribution is -0.0492. The molecule has 0 amide bonds. The molecule has 21 heavy (non-hydrogen) atoms. The zero-order valence-corrected chi connectivity index (χ0v) is 12.8. The summed E-state index contributed by atoms with van der Waals surface area (Å²) in [5, 5.41) is 3.37. The van der Waals surface area contributed by atoms with E-state index in [2.05, 4.69) is 23.5 Å². The Bertz CT molecular complexity index is 488. The molecule has 1 atom stereocenters. The van der Waals surface area contributed by atoms with Gasteiger partial charge in [-0.25, -0.2) is 8.78 Å². The first kappa shape index (κ1) is 15.0. The van der Waals surface area contributed by atoms with Crippen LogP contribution in [0.1, 0.15) is 48.8 Å². The molecule has 0 aliphatic heterocycles. The molecule has 0 radical (unpaired) electrons. The predicted molar refractivity (Wildman–Crippen MR) is 81.9 cm³/mol. The molecule has 0 spiro atoms. The number of likely N-dealkylation sites (N-methyl/N-ethyl adjacent to an activating group) is 1. The molecule has 116 valence electrons. The molecule has 1 N–H and O–H groups in total. The Morgan fingerprint density at radius 1 is 1.19 bits per heavy atom. The average molecular weight is 293 g/mol. The summed E-state index contributed by atoms with van der Waals surface area (Å²) in [6, 6.07) is 7.15. The van der Waals surface area contributed by atoms with Crippen molar-refractivity contribution in [1.29, 1.82) is 0 Å². The van der Waals surface area contributed by atoms with Gasteiger partial charge in [-0.05, 0) is 68.2 Å². The van der Waals surface area contributed by atoms with Crippen LogP contribution in [0.15, 0.2) is 18.2 Å². The number of nitrogens with one attached hydrogen (secondary N) is 1. The lowest BCUT2D eigenvalue weighted by Gasteiger charge is -2.33. The number of benzene rings is 1. The highest BCUT2D eigenvalue weighted by Crippen LogP contribution is 2.38. The molecule has 1 aromatic rings. The zero-order chi connectivity index (χ0) is 14.9. The quantitative estimate of drug-likeness (QED) is 0.880. The molecule has 3 heteroatoms. The summed E-state index contributed by atoms with van der Waals surface area (Å²) in [7, 11) is 1.96. The summed E-state index contributed by atoms with van der Waals surface area (Å²) >= 11 is 0. The van der Waals surface area contributed by atoms with Crippen LogP contribution in [-0.4, -0.2) is 19.0 Å². The number of fused-ring (bicyclic) bond motifs is 1. The molecule has 2 aliphatic carbocycles. The number of alkyl halides is 2. The molecule has 3 rings (SSSR count). The van der Waals surface area contributed by atoms with Gasteiger partial charge in [0.1, 0.15) is 0 Å². The lowest BCUT2D eigenvalue weighted by Crippen LogP contribution is -2.39. The normalized spacial score (nSPS) is 23.0. The second-order valence-corrected chi connectivity index (χ2v) is 6.75. The molecule has 1 aromatic carbocycles. The van der Waals surface area contributed by atoms with Crippen LogP contribution < -0.4 is 5.32 Å². The second-order valence-electron chi connectivity index (χ2n) is 6.75. The van der Waals surface area contributed by atoms with Crippen molar-refractivity contribution < 1.29 is 8.78 Å². The molecule has 1 unspecified atom stereocenters. The molecular weight excluding hydrogens is 268 g/mol. The minimum atomic E-state index is -2.43. The Kier molecular flexibility index (Phi) is 4.30. The Balaban J connectivity index is 1.65. The van der Waals surface area contributed by atoms with Gasteiger partial charge >= 0.3 is 0 Å². The van der Waals surface area contributed by atoms with Gasteiger partial charge < -0.3 is 5.32 Å². The molecule has 1 fully saturated rings. The van der Waals surface area contributed by atoms with E-state index in [4.69, 9.17) is 0 Å². The molecule has 0 saturated heterocycles. The minimum Gasteiger partial charge on any atom is -0.316 e. The molecule has 1 nitrogen and oxygen atoms in total. The topological polar surface area (TPSA) is 12.0 Å². The van der Waals surface area contributed by atoms with E-state index in [0.717, 1.165) is 6.42 Å². The van der Waals surface area contributed by atoms with Crippen LogP contribution in [0.5, 0.6) is 0 Å². The fourth-order valence-corrected chi connectivity index (χ4v) is 3.98. The van der Waals surface area contributed by atoms with Gasteiger partial charge in [-0.15, -0.1) is 0 Å². The third kappa shape index (κ3) is 3.45. The van der Waals surface area contributed by atoms with Gasteiger partial charge in [0.15, 0.2) is 0 Å². The van der Waals surface area contributed by atoms with E-state index in [1.54, 1.807) is 0 Å². The third-order valence-corrected chi connectivity index (χ3v) is 5.32. The van der Waals surface area contributed by atoms with E-state index in [-0.39, 0.29) is 12.8 Å². The van der Waals surface area contributed by atoms with Crippen LogP contribution in [0.4, 0.5) is 8.78 Å². The molecule has 0 aromatic heterocycles. The maximum atomic E-state index is 13.3. The average Bonchev–Trinajstić information content (AvgIpc) is 2.92. The number of aryl methyl sites for hydroxylation is 2. The molecule has 0 heterocycles. The highest BCUT2D eigenvalue weighted by molar-refractivity contribution is 5.35. The van der Waals surface area contributed by atoms with Gasteiger partial charge in [0.05, 0.1) is 0 Å². The summed E-state index contributed by atoms with van der Waals surface area (Å²) in [5.41, 5.74) is 4.35. The molecular formula is C18H25F2N. The highest BCUT2D eigenvalue weighted by Gasteiger charge is 2.37. The number of hydrogen-bond donors (Lipinski definition) is 1. The smallest absolute Gasteiger partial charge is 0.248 e. The Morgan fingerprint density at radius 3 is 2.62 bits per heavy atom. The van der Waals surface area contributed by atoms with Gasteiger partial charge in [-0.2, -0.15) is 0 Å². The second kappa shape index (κ2) is 6.04. The van der Waals surface area contributed by atoms with E-state index >= 15 is 0 Å². The predicted octanol–water partition coefficient (Wildman–Crippen LogP) is 4.13. The first-order valence-corrected chi connectivity index (χ1v) is 8.23. The Labute approximate surface area is 126 Å². The highest BCUT2D eigenvalue weighted by atomic mass is 19.3. The number of hydrogen-bond acceptors (Lipinski definition) is 1. The molecule has 1 saturated carbocycles. The fraction of sp³-hybridized carbons (Fsp3) is 0.667. The van der Waals surface area contributed by atoms with E-state index < -0.39 is 5.92 Å². The summed E-state index contributed by atoms with van der Waals surface area (Å²) < 4.78 is 26.6. The van der Waals surface area contributed by atoms with E-state index in [9.17, 15) is 8.78 Å². The van der Waals surface area contributed by atoms with E-state index in [0.29, 0.717) is 24.8 Å². The Morgan fingerprint density at radius 2 is 1.90 bits per heavy atom. The molecule has 2 aliphatic rings. The van der Waals surface area contributed by atoms with Crippen LogP contribution in [0, 0.1) is 5.92 Å². The summed E-state index contributed by atoms with van der Waals surface area (Å²) in [6.07, 6.45) is 6.03. The van der Waals surface area contributed by atoms with Crippen molar-refractivity contribution in [2.45, 2.75) is 63.3 Å². The van der Waals surface area contributed by atoms with Crippen molar-refractivity contribution in [3.63, 3.8) is 0 Å². The van der Waals surface area contributed by atoms with Gasteiger partial charge in [-0.3, -0.25) is 0 Å². The largest absolute Gasteiger partial charge is 0.316 e. The first-order valence-electron chi connectivity index (χ1n) is 8.23. The van der Waals surface area contributed by atoms with Crippen molar-refractivity contribution in [2.75, 3.05) is 7.05 Å². The van der Waals surface area contributed by atoms with Crippen LogP contribution in [0.25, 0.3) is 0 Å². The first-order chi connectivity index (χ1) is 10.1. The van der Waals surface area contributed by atoms with Crippen LogP contribution in [0.3, 0.4) is 0 Å². The SMILES string of the molecule is CNC(Cc1ccc2c(c1)CCC2)C1CCC(F)(F)CC1. The minimum absolute atomic E-state index is 0.0556. The van der Waals surface area contributed by atoms with Gasteiger partial charge in [0, 0.05) is 18.9 Å². The number of halogens is 2. The van der Waals surface area contributed by atoms with Crippen molar-refractivity contribution in [1.82, 2.24) is 5.32 Å². The Hall–Kier alpha value is -0.960. The standard InChI is InChI=1S/C18H25F2N/c1-21-17(15-7-9-18(19,20)10-8-15)12-13-5-6-14-3-2-4-16(14)11-13/h5-6,11,15,17,21H,2-4,7-10,12H2,1H3. The van der Waals surface area contributed by atoms with E-state index in [1.165, 1.54) is 36.0 Å².